The molecule has 1 aromatic carbocycles. The second-order valence-corrected chi connectivity index (χ2v) is 7.84. The van der Waals surface area contributed by atoms with E-state index in [1.165, 1.54) is 6.08 Å². The van der Waals surface area contributed by atoms with Gasteiger partial charge in [-0.25, -0.2) is 0 Å². The summed E-state index contributed by atoms with van der Waals surface area (Å²) in [6.45, 7) is 4.72. The van der Waals surface area contributed by atoms with Gasteiger partial charge in [-0.1, -0.05) is 29.3 Å². The summed E-state index contributed by atoms with van der Waals surface area (Å²) in [4.78, 5) is 37.2. The number of thioether (sulfide) groups is 1. The van der Waals surface area contributed by atoms with Gasteiger partial charge in [0.15, 0.2) is 0 Å². The molecule has 0 atom stereocenters. The zero-order valence-electron chi connectivity index (χ0n) is 13.3. The molecule has 1 aliphatic rings. The molecule has 24 heavy (non-hydrogen) atoms. The lowest BCUT2D eigenvalue weighted by Gasteiger charge is -2.21. The van der Waals surface area contributed by atoms with Gasteiger partial charge < -0.3 is 4.74 Å². The van der Waals surface area contributed by atoms with Gasteiger partial charge in [0, 0.05) is 0 Å². The van der Waals surface area contributed by atoms with Crippen LogP contribution in [0.1, 0.15) is 26.3 Å². The molecule has 1 aliphatic heterocycles. The Morgan fingerprint density at radius 2 is 1.92 bits per heavy atom. The number of benzene rings is 1. The quantitative estimate of drug-likeness (QED) is 0.568. The van der Waals surface area contributed by atoms with Gasteiger partial charge in [-0.3, -0.25) is 19.3 Å². The van der Waals surface area contributed by atoms with E-state index in [9.17, 15) is 14.4 Å². The van der Waals surface area contributed by atoms with E-state index in [-0.39, 0.29) is 4.91 Å². The summed E-state index contributed by atoms with van der Waals surface area (Å²) in [5.74, 6) is -1.18. The van der Waals surface area contributed by atoms with E-state index in [4.69, 9.17) is 27.9 Å². The molecular formula is C16H15Cl2NO4S. The van der Waals surface area contributed by atoms with Crippen molar-refractivity contribution in [3.63, 3.8) is 0 Å². The maximum atomic E-state index is 12.3. The number of hydrogen-bond donors (Lipinski definition) is 0. The number of nitrogens with zero attached hydrogens (tertiary/aromatic N) is 1. The van der Waals surface area contributed by atoms with Crippen LogP contribution in [-0.2, 0) is 14.3 Å². The van der Waals surface area contributed by atoms with Crippen LogP contribution in [0.5, 0.6) is 0 Å². The third-order valence-electron chi connectivity index (χ3n) is 2.82. The first kappa shape index (κ1) is 18.8. The molecular weight excluding hydrogens is 373 g/mol. The summed E-state index contributed by atoms with van der Waals surface area (Å²) >= 11 is 12.5. The fourth-order valence-corrected chi connectivity index (χ4v) is 3.04. The van der Waals surface area contributed by atoms with Crippen LogP contribution in [0, 0.1) is 0 Å². The molecule has 0 radical (unpaired) electrons. The molecule has 2 amide bonds. The molecule has 1 fully saturated rings. The Labute approximate surface area is 153 Å². The van der Waals surface area contributed by atoms with Gasteiger partial charge in [-0.2, -0.15) is 0 Å². The SMILES string of the molecule is CC(C)(C)OC(=O)CN1C(=O)SC(=Cc2ccc(Cl)c(Cl)c2)C1=O. The van der Waals surface area contributed by atoms with Gasteiger partial charge in [0.2, 0.25) is 0 Å². The topological polar surface area (TPSA) is 63.7 Å². The highest BCUT2D eigenvalue weighted by molar-refractivity contribution is 8.18. The molecule has 0 aromatic heterocycles. The zero-order chi connectivity index (χ0) is 18.1. The van der Waals surface area contributed by atoms with Crippen LogP contribution in [0.2, 0.25) is 10.0 Å². The van der Waals surface area contributed by atoms with Crippen LogP contribution in [0.25, 0.3) is 6.08 Å². The van der Waals surface area contributed by atoms with Gasteiger partial charge in [0.25, 0.3) is 11.1 Å². The summed E-state index contributed by atoms with van der Waals surface area (Å²) in [7, 11) is 0. The average Bonchev–Trinajstić information content (AvgIpc) is 2.69. The molecule has 2 rings (SSSR count). The molecule has 128 valence electrons. The van der Waals surface area contributed by atoms with Gasteiger partial charge in [-0.05, 0) is 56.3 Å². The summed E-state index contributed by atoms with van der Waals surface area (Å²) < 4.78 is 5.13. The van der Waals surface area contributed by atoms with Crippen molar-refractivity contribution < 1.29 is 19.1 Å². The molecule has 0 bridgehead atoms. The van der Waals surface area contributed by atoms with Gasteiger partial charge >= 0.3 is 5.97 Å². The Balaban J connectivity index is 2.14. The fourth-order valence-electron chi connectivity index (χ4n) is 1.89. The minimum Gasteiger partial charge on any atom is -0.459 e. The minimum absolute atomic E-state index is 0.210. The van der Waals surface area contributed by atoms with Crippen LogP contribution in [-0.4, -0.2) is 34.2 Å². The molecule has 1 saturated heterocycles. The van der Waals surface area contributed by atoms with Gasteiger partial charge in [0.05, 0.1) is 15.0 Å². The van der Waals surface area contributed by atoms with Crippen molar-refractivity contribution in [2.24, 2.45) is 0 Å². The lowest BCUT2D eigenvalue weighted by molar-refractivity contribution is -0.156. The van der Waals surface area contributed by atoms with Crippen molar-refractivity contribution in [3.05, 3.63) is 38.7 Å². The van der Waals surface area contributed by atoms with E-state index >= 15 is 0 Å². The Morgan fingerprint density at radius 1 is 1.25 bits per heavy atom. The molecule has 5 nitrogen and oxygen atoms in total. The summed E-state index contributed by atoms with van der Waals surface area (Å²) in [6.07, 6.45) is 1.53. The Hall–Kier alpha value is -1.50. The monoisotopic (exact) mass is 387 g/mol. The largest absolute Gasteiger partial charge is 0.459 e. The molecule has 0 N–H and O–H groups in total. The minimum atomic E-state index is -0.686. The predicted molar refractivity (Wildman–Crippen MR) is 95.0 cm³/mol. The predicted octanol–water partition coefficient (Wildman–Crippen LogP) is 4.37. The van der Waals surface area contributed by atoms with E-state index in [0.29, 0.717) is 15.6 Å². The number of carbonyl (C=O) groups is 3. The van der Waals surface area contributed by atoms with Gasteiger partial charge in [-0.15, -0.1) is 0 Å². The number of carbonyl (C=O) groups excluding carboxylic acids is 3. The highest BCUT2D eigenvalue weighted by atomic mass is 35.5. The molecule has 8 heteroatoms. The molecule has 1 heterocycles. The smallest absolute Gasteiger partial charge is 0.326 e. The summed E-state index contributed by atoms with van der Waals surface area (Å²) in [6, 6.07) is 4.86. The summed E-state index contributed by atoms with van der Waals surface area (Å²) in [5.41, 5.74) is -0.0541. The number of rotatable bonds is 3. The molecule has 0 unspecified atom stereocenters. The maximum Gasteiger partial charge on any atom is 0.326 e. The lowest BCUT2D eigenvalue weighted by Crippen LogP contribution is -2.37. The highest BCUT2D eigenvalue weighted by Gasteiger charge is 2.37. The van der Waals surface area contributed by atoms with Crippen molar-refractivity contribution in [1.82, 2.24) is 4.90 Å². The fraction of sp³-hybridized carbons (Fsp3) is 0.312. The Bertz CT molecular complexity index is 740. The first-order chi connectivity index (χ1) is 11.1. The first-order valence-electron chi connectivity index (χ1n) is 6.99. The van der Waals surface area contributed by atoms with Crippen molar-refractivity contribution in [2.75, 3.05) is 6.54 Å². The number of esters is 1. The first-order valence-corrected chi connectivity index (χ1v) is 8.56. The normalized spacial score (nSPS) is 16.9. The molecule has 0 spiro atoms. The van der Waals surface area contributed by atoms with Crippen molar-refractivity contribution in [3.8, 4) is 0 Å². The molecule has 0 aliphatic carbocycles. The second-order valence-electron chi connectivity index (χ2n) is 6.03. The number of amides is 2. The third kappa shape index (κ3) is 4.75. The van der Waals surface area contributed by atoms with E-state index < -0.39 is 29.3 Å². The van der Waals surface area contributed by atoms with Crippen molar-refractivity contribution in [2.45, 2.75) is 26.4 Å². The van der Waals surface area contributed by atoms with E-state index in [1.54, 1.807) is 39.0 Å². The Morgan fingerprint density at radius 3 is 2.50 bits per heavy atom. The number of ether oxygens (including phenoxy) is 1. The molecule has 1 aromatic rings. The average molecular weight is 388 g/mol. The lowest BCUT2D eigenvalue weighted by atomic mass is 10.2. The maximum absolute atomic E-state index is 12.3. The van der Waals surface area contributed by atoms with Crippen LogP contribution >= 0.6 is 35.0 Å². The third-order valence-corrected chi connectivity index (χ3v) is 4.47. The van der Waals surface area contributed by atoms with Crippen LogP contribution < -0.4 is 0 Å². The number of imide groups is 1. The van der Waals surface area contributed by atoms with Crippen LogP contribution in [0.4, 0.5) is 4.79 Å². The van der Waals surface area contributed by atoms with Crippen LogP contribution in [0.15, 0.2) is 23.1 Å². The Kier molecular flexibility index (Phi) is 5.63. The number of hydrogen-bond acceptors (Lipinski definition) is 5. The van der Waals surface area contributed by atoms with Crippen molar-refractivity contribution >= 4 is 58.2 Å². The van der Waals surface area contributed by atoms with E-state index in [1.807, 2.05) is 0 Å². The standard InChI is InChI=1S/C16H15Cl2NO4S/c1-16(2,3)23-13(20)8-19-14(21)12(24-15(19)22)7-9-4-5-10(17)11(18)6-9/h4-7H,8H2,1-3H3. The summed E-state index contributed by atoms with van der Waals surface area (Å²) in [5, 5.41) is 0.224. The second kappa shape index (κ2) is 7.17. The highest BCUT2D eigenvalue weighted by Crippen LogP contribution is 2.33. The molecule has 0 saturated carbocycles. The van der Waals surface area contributed by atoms with Gasteiger partial charge in [0.1, 0.15) is 12.1 Å². The number of halogens is 2. The van der Waals surface area contributed by atoms with Crippen LogP contribution in [0.3, 0.4) is 0 Å². The van der Waals surface area contributed by atoms with Crippen molar-refractivity contribution in [1.29, 1.82) is 0 Å². The van der Waals surface area contributed by atoms with E-state index in [2.05, 4.69) is 0 Å². The van der Waals surface area contributed by atoms with E-state index in [0.717, 1.165) is 16.7 Å². The zero-order valence-corrected chi connectivity index (χ0v) is 15.6.